The Kier molecular flexibility index (Phi) is 2.07. The Morgan fingerprint density at radius 2 is 2.15 bits per heavy atom. The zero-order valence-electron chi connectivity index (χ0n) is 8.12. The summed E-state index contributed by atoms with van der Waals surface area (Å²) in [4.78, 5) is 4.44. The molecule has 0 bridgehead atoms. The van der Waals surface area contributed by atoms with Crippen molar-refractivity contribution in [2.45, 2.75) is 44.6 Å². The van der Waals surface area contributed by atoms with Crippen molar-refractivity contribution < 1.29 is 0 Å². The van der Waals surface area contributed by atoms with E-state index in [4.69, 9.17) is 5.73 Å². The van der Waals surface area contributed by atoms with Crippen LogP contribution in [0.1, 0.15) is 50.2 Å². The van der Waals surface area contributed by atoms with Gasteiger partial charge in [0.15, 0.2) is 5.82 Å². The molecule has 0 spiro atoms. The van der Waals surface area contributed by atoms with E-state index < -0.39 is 0 Å². The van der Waals surface area contributed by atoms with Gasteiger partial charge in [0.1, 0.15) is 5.82 Å². The highest BCUT2D eigenvalue weighted by Crippen LogP contribution is 2.33. The van der Waals surface area contributed by atoms with E-state index in [2.05, 4.69) is 29.0 Å². The van der Waals surface area contributed by atoms with Gasteiger partial charge in [-0.25, -0.2) is 4.98 Å². The Morgan fingerprint density at radius 1 is 1.46 bits per heavy atom. The molecule has 0 aromatic carbocycles. The molecule has 1 aliphatic carbocycles. The van der Waals surface area contributed by atoms with Crippen molar-refractivity contribution in [1.29, 1.82) is 0 Å². The first-order valence-electron chi connectivity index (χ1n) is 4.84. The molecule has 3 N–H and O–H groups in total. The topological polar surface area (TPSA) is 67.6 Å². The van der Waals surface area contributed by atoms with Gasteiger partial charge >= 0.3 is 0 Å². The minimum Gasteiger partial charge on any atom is -0.328 e. The fourth-order valence-electron chi connectivity index (χ4n) is 1.61. The quantitative estimate of drug-likeness (QED) is 0.717. The summed E-state index contributed by atoms with van der Waals surface area (Å²) in [5.74, 6) is 2.86. The minimum absolute atomic E-state index is 0.373. The van der Waals surface area contributed by atoms with Crippen molar-refractivity contribution >= 4 is 0 Å². The number of hydrogen-bond acceptors (Lipinski definition) is 3. The second-order valence-electron chi connectivity index (χ2n) is 4.16. The van der Waals surface area contributed by atoms with Gasteiger partial charge in [-0.05, 0) is 12.8 Å². The SMILES string of the molecule is CC(C)c1n[nH]c(C2CC(N)C2)n1. The molecule has 4 nitrogen and oxygen atoms in total. The highest BCUT2D eigenvalue weighted by molar-refractivity contribution is 5.06. The van der Waals surface area contributed by atoms with Crippen LogP contribution in [0.4, 0.5) is 0 Å². The summed E-state index contributed by atoms with van der Waals surface area (Å²) in [5.41, 5.74) is 5.71. The van der Waals surface area contributed by atoms with Crippen molar-refractivity contribution in [3.05, 3.63) is 11.6 Å². The number of aromatic amines is 1. The Bertz CT molecular complexity index is 286. The third-order valence-corrected chi connectivity index (χ3v) is 2.60. The predicted molar refractivity (Wildman–Crippen MR) is 50.4 cm³/mol. The molecule has 2 rings (SSSR count). The number of H-pyrrole nitrogens is 1. The molecule has 0 amide bonds. The van der Waals surface area contributed by atoms with Gasteiger partial charge in [-0.3, -0.25) is 5.10 Å². The molecule has 0 radical (unpaired) electrons. The van der Waals surface area contributed by atoms with E-state index in [1.54, 1.807) is 0 Å². The number of nitrogens with two attached hydrogens (primary N) is 1. The smallest absolute Gasteiger partial charge is 0.153 e. The number of rotatable bonds is 2. The van der Waals surface area contributed by atoms with Gasteiger partial charge < -0.3 is 5.73 Å². The minimum atomic E-state index is 0.373. The molecule has 0 saturated heterocycles. The standard InChI is InChI=1S/C9H16N4/c1-5(2)8-11-9(13-12-8)6-3-7(10)4-6/h5-7H,3-4,10H2,1-2H3,(H,11,12,13). The third kappa shape index (κ3) is 1.58. The highest BCUT2D eigenvalue weighted by atomic mass is 15.2. The average Bonchev–Trinajstić information content (AvgIpc) is 2.46. The van der Waals surface area contributed by atoms with Gasteiger partial charge in [-0.1, -0.05) is 13.8 Å². The largest absolute Gasteiger partial charge is 0.328 e. The maximum atomic E-state index is 5.71. The Labute approximate surface area is 77.9 Å². The van der Waals surface area contributed by atoms with Crippen molar-refractivity contribution in [1.82, 2.24) is 15.2 Å². The fourth-order valence-corrected chi connectivity index (χ4v) is 1.61. The number of aromatic nitrogens is 3. The molecule has 0 unspecified atom stereocenters. The molecule has 1 heterocycles. The second-order valence-corrected chi connectivity index (χ2v) is 4.16. The van der Waals surface area contributed by atoms with E-state index in [1.165, 1.54) is 0 Å². The van der Waals surface area contributed by atoms with Crippen molar-refractivity contribution in [3.8, 4) is 0 Å². The molecule has 1 aliphatic rings. The third-order valence-electron chi connectivity index (χ3n) is 2.60. The first kappa shape index (κ1) is 8.69. The predicted octanol–water partition coefficient (Wildman–Crippen LogP) is 1.13. The summed E-state index contributed by atoms with van der Waals surface area (Å²) >= 11 is 0. The van der Waals surface area contributed by atoms with E-state index in [0.717, 1.165) is 24.5 Å². The summed E-state index contributed by atoms with van der Waals surface area (Å²) in [6.07, 6.45) is 2.10. The molecule has 1 aromatic heterocycles. The van der Waals surface area contributed by atoms with Crippen LogP contribution in [0, 0.1) is 0 Å². The van der Waals surface area contributed by atoms with Crippen LogP contribution in [0.2, 0.25) is 0 Å². The maximum Gasteiger partial charge on any atom is 0.153 e. The van der Waals surface area contributed by atoms with E-state index in [0.29, 0.717) is 17.9 Å². The molecule has 0 atom stereocenters. The molecule has 13 heavy (non-hydrogen) atoms. The Balaban J connectivity index is 2.06. The summed E-state index contributed by atoms with van der Waals surface area (Å²) < 4.78 is 0. The number of nitrogens with one attached hydrogen (secondary N) is 1. The molecular formula is C9H16N4. The van der Waals surface area contributed by atoms with Gasteiger partial charge in [0.05, 0.1) is 0 Å². The molecule has 1 fully saturated rings. The van der Waals surface area contributed by atoms with Crippen molar-refractivity contribution in [2.24, 2.45) is 5.73 Å². The lowest BCUT2D eigenvalue weighted by molar-refractivity contribution is 0.339. The molecule has 4 heteroatoms. The fraction of sp³-hybridized carbons (Fsp3) is 0.778. The van der Waals surface area contributed by atoms with Crippen LogP contribution in [0.15, 0.2) is 0 Å². The molecular weight excluding hydrogens is 164 g/mol. The van der Waals surface area contributed by atoms with Crippen LogP contribution in [-0.4, -0.2) is 21.2 Å². The van der Waals surface area contributed by atoms with E-state index in [9.17, 15) is 0 Å². The normalized spacial score (nSPS) is 27.7. The van der Waals surface area contributed by atoms with Gasteiger partial charge in [0.25, 0.3) is 0 Å². The lowest BCUT2D eigenvalue weighted by Crippen LogP contribution is -2.35. The van der Waals surface area contributed by atoms with E-state index in [-0.39, 0.29) is 0 Å². The van der Waals surface area contributed by atoms with Crippen LogP contribution in [0.3, 0.4) is 0 Å². The Morgan fingerprint density at radius 3 is 2.62 bits per heavy atom. The summed E-state index contributed by atoms with van der Waals surface area (Å²) in [5, 5.41) is 7.16. The highest BCUT2D eigenvalue weighted by Gasteiger charge is 2.30. The molecule has 1 saturated carbocycles. The lowest BCUT2D eigenvalue weighted by Gasteiger charge is -2.30. The lowest BCUT2D eigenvalue weighted by atomic mass is 9.80. The van der Waals surface area contributed by atoms with Crippen LogP contribution in [-0.2, 0) is 0 Å². The van der Waals surface area contributed by atoms with Gasteiger partial charge in [0, 0.05) is 17.9 Å². The van der Waals surface area contributed by atoms with Crippen LogP contribution in [0.25, 0.3) is 0 Å². The molecule has 0 aliphatic heterocycles. The van der Waals surface area contributed by atoms with Crippen molar-refractivity contribution in [3.63, 3.8) is 0 Å². The summed E-state index contributed by atoms with van der Waals surface area (Å²) in [6.45, 7) is 4.19. The van der Waals surface area contributed by atoms with E-state index in [1.807, 2.05) is 0 Å². The summed E-state index contributed by atoms with van der Waals surface area (Å²) in [7, 11) is 0. The average molecular weight is 180 g/mol. The van der Waals surface area contributed by atoms with Crippen molar-refractivity contribution in [2.75, 3.05) is 0 Å². The number of nitrogens with zero attached hydrogens (tertiary/aromatic N) is 2. The Hall–Kier alpha value is -0.900. The maximum absolute atomic E-state index is 5.71. The van der Waals surface area contributed by atoms with Crippen LogP contribution in [0.5, 0.6) is 0 Å². The van der Waals surface area contributed by atoms with Gasteiger partial charge in [0.2, 0.25) is 0 Å². The zero-order chi connectivity index (χ0) is 9.42. The molecule has 1 aromatic rings. The van der Waals surface area contributed by atoms with Gasteiger partial charge in [-0.2, -0.15) is 5.10 Å². The first-order chi connectivity index (χ1) is 6.16. The first-order valence-corrected chi connectivity index (χ1v) is 4.84. The van der Waals surface area contributed by atoms with Crippen LogP contribution < -0.4 is 5.73 Å². The van der Waals surface area contributed by atoms with Gasteiger partial charge in [-0.15, -0.1) is 0 Å². The number of hydrogen-bond donors (Lipinski definition) is 2. The van der Waals surface area contributed by atoms with E-state index >= 15 is 0 Å². The monoisotopic (exact) mass is 180 g/mol. The second kappa shape index (κ2) is 3.10. The molecule has 72 valence electrons. The summed E-state index contributed by atoms with van der Waals surface area (Å²) in [6, 6.07) is 0.373. The zero-order valence-corrected chi connectivity index (χ0v) is 8.12. The van der Waals surface area contributed by atoms with Crippen LogP contribution >= 0.6 is 0 Å².